The van der Waals surface area contributed by atoms with Crippen LogP contribution < -0.4 is 10.6 Å². The molecule has 1 unspecified atom stereocenters. The fraction of sp³-hybridized carbons (Fsp3) is 0.500. The van der Waals surface area contributed by atoms with Crippen LogP contribution in [0.25, 0.3) is 0 Å². The van der Waals surface area contributed by atoms with Crippen molar-refractivity contribution in [3.63, 3.8) is 0 Å². The van der Waals surface area contributed by atoms with Crippen LogP contribution in [0.15, 0.2) is 12.1 Å². The van der Waals surface area contributed by atoms with Crippen LogP contribution in [0.1, 0.15) is 48.7 Å². The third-order valence-electron chi connectivity index (χ3n) is 2.92. The number of ether oxygens (including phenoxy) is 2. The average Bonchev–Trinajstić information content (AvgIpc) is 2.55. The Morgan fingerprint density at radius 3 is 1.96 bits per heavy atom. The molecule has 1 atom stereocenters. The second-order valence-electron chi connectivity index (χ2n) is 4.83. The predicted octanol–water partition coefficient (Wildman–Crippen LogP) is 1.37. The summed E-state index contributed by atoms with van der Waals surface area (Å²) in [6, 6.07) is 2.30. The minimum Gasteiger partial charge on any atom is -0.461 e. The van der Waals surface area contributed by atoms with E-state index in [4.69, 9.17) is 9.47 Å². The number of anilines is 1. The third-order valence-corrected chi connectivity index (χ3v) is 2.92. The topological polar surface area (TPSA) is 107 Å². The fourth-order valence-electron chi connectivity index (χ4n) is 1.88. The zero-order valence-electron chi connectivity index (χ0n) is 14.3. The molecular formula is C16H23N3O5. The molecule has 0 aliphatic rings. The van der Waals surface area contributed by atoms with Gasteiger partial charge in [-0.15, -0.1) is 0 Å². The summed E-state index contributed by atoms with van der Waals surface area (Å²) in [5.41, 5.74) is 0.330. The number of likely N-dealkylation sites (N-methyl/N-ethyl adjacent to an activating group) is 1. The van der Waals surface area contributed by atoms with Crippen molar-refractivity contribution < 1.29 is 23.9 Å². The molecule has 24 heavy (non-hydrogen) atoms. The van der Waals surface area contributed by atoms with E-state index in [9.17, 15) is 14.4 Å². The first-order chi connectivity index (χ1) is 11.4. The number of hydrogen-bond acceptors (Lipinski definition) is 7. The summed E-state index contributed by atoms with van der Waals surface area (Å²) in [4.78, 5) is 39.6. The fourth-order valence-corrected chi connectivity index (χ4v) is 1.88. The van der Waals surface area contributed by atoms with E-state index in [0.29, 0.717) is 12.2 Å². The van der Waals surface area contributed by atoms with E-state index in [1.165, 1.54) is 12.1 Å². The molecule has 0 radical (unpaired) electrons. The van der Waals surface area contributed by atoms with Gasteiger partial charge in [-0.1, -0.05) is 0 Å². The molecule has 132 valence electrons. The Labute approximate surface area is 140 Å². The molecule has 2 N–H and O–H groups in total. The van der Waals surface area contributed by atoms with Crippen molar-refractivity contribution in [2.75, 3.05) is 25.1 Å². The lowest BCUT2D eigenvalue weighted by Gasteiger charge is -2.16. The number of carbonyl (C=O) groups excluding carboxylic acids is 3. The molecular weight excluding hydrogens is 314 g/mol. The van der Waals surface area contributed by atoms with Crippen molar-refractivity contribution in [2.24, 2.45) is 0 Å². The van der Waals surface area contributed by atoms with E-state index >= 15 is 0 Å². The summed E-state index contributed by atoms with van der Waals surface area (Å²) in [6.07, 6.45) is 0. The maximum absolute atomic E-state index is 11.9. The first-order valence-electron chi connectivity index (χ1n) is 7.83. The van der Waals surface area contributed by atoms with Gasteiger partial charge in [-0.05, 0) is 39.8 Å². The van der Waals surface area contributed by atoms with Crippen molar-refractivity contribution in [1.82, 2.24) is 10.3 Å². The Balaban J connectivity index is 3.11. The minimum atomic E-state index is -0.655. The molecule has 0 fully saturated rings. The molecule has 0 spiro atoms. The van der Waals surface area contributed by atoms with Gasteiger partial charge in [0.25, 0.3) is 0 Å². The lowest BCUT2D eigenvalue weighted by molar-refractivity contribution is -0.121. The molecule has 1 heterocycles. The van der Waals surface area contributed by atoms with Crippen molar-refractivity contribution in [3.05, 3.63) is 23.5 Å². The SMILES string of the molecule is CCNC(=O)C(C)Nc1cc(C(=O)OCC)nc(C(=O)OCC)c1. The molecule has 1 amide bonds. The lowest BCUT2D eigenvalue weighted by Crippen LogP contribution is -2.37. The van der Waals surface area contributed by atoms with Crippen LogP contribution >= 0.6 is 0 Å². The smallest absolute Gasteiger partial charge is 0.357 e. The molecule has 0 bridgehead atoms. The first kappa shape index (κ1) is 19.4. The zero-order valence-corrected chi connectivity index (χ0v) is 14.3. The zero-order chi connectivity index (χ0) is 18.1. The van der Waals surface area contributed by atoms with Gasteiger partial charge in [0, 0.05) is 12.2 Å². The highest BCUT2D eigenvalue weighted by Crippen LogP contribution is 2.15. The maximum Gasteiger partial charge on any atom is 0.357 e. The summed E-state index contributed by atoms with van der Waals surface area (Å²) in [5.74, 6) is -1.51. The molecule has 8 nitrogen and oxygen atoms in total. The standard InChI is InChI=1S/C16H23N3O5/c1-5-17-14(20)10(4)18-11-8-12(15(21)23-6-2)19-13(9-11)16(22)24-7-3/h8-10H,5-7H2,1-4H3,(H,17,20)(H,18,19). The van der Waals surface area contributed by atoms with Gasteiger partial charge in [0.2, 0.25) is 5.91 Å². The van der Waals surface area contributed by atoms with Crippen LogP contribution in [0.5, 0.6) is 0 Å². The third kappa shape index (κ3) is 5.53. The van der Waals surface area contributed by atoms with Gasteiger partial charge < -0.3 is 20.1 Å². The number of nitrogens with zero attached hydrogens (tertiary/aromatic N) is 1. The number of carbonyl (C=O) groups is 3. The summed E-state index contributed by atoms with van der Waals surface area (Å²) in [5, 5.41) is 5.61. The highest BCUT2D eigenvalue weighted by molar-refractivity contribution is 5.94. The molecule has 8 heteroatoms. The van der Waals surface area contributed by atoms with E-state index in [2.05, 4.69) is 15.6 Å². The summed E-state index contributed by atoms with van der Waals surface area (Å²) in [7, 11) is 0. The number of rotatable bonds is 8. The number of nitrogens with one attached hydrogen (secondary N) is 2. The number of amides is 1. The maximum atomic E-state index is 11.9. The number of aromatic nitrogens is 1. The number of esters is 2. The molecule has 0 saturated carbocycles. The van der Waals surface area contributed by atoms with E-state index in [1.54, 1.807) is 20.8 Å². The van der Waals surface area contributed by atoms with Crippen molar-refractivity contribution >= 4 is 23.5 Å². The summed E-state index contributed by atoms with van der Waals surface area (Å²) in [6.45, 7) is 7.69. The molecule has 1 aromatic heterocycles. The Kier molecular flexibility index (Phi) is 7.67. The quantitative estimate of drug-likeness (QED) is 0.690. The van der Waals surface area contributed by atoms with E-state index in [0.717, 1.165) is 0 Å². The van der Waals surface area contributed by atoms with Crippen molar-refractivity contribution in [3.8, 4) is 0 Å². The number of hydrogen-bond donors (Lipinski definition) is 2. The van der Waals surface area contributed by atoms with E-state index < -0.39 is 18.0 Å². The molecule has 1 rings (SSSR count). The van der Waals surface area contributed by atoms with Crippen LogP contribution in [-0.2, 0) is 14.3 Å². The second kappa shape index (κ2) is 9.49. The Morgan fingerprint density at radius 2 is 1.54 bits per heavy atom. The predicted molar refractivity (Wildman–Crippen MR) is 87.9 cm³/mol. The lowest BCUT2D eigenvalue weighted by atomic mass is 10.2. The van der Waals surface area contributed by atoms with Crippen LogP contribution in [0.2, 0.25) is 0 Å². The van der Waals surface area contributed by atoms with Crippen molar-refractivity contribution in [1.29, 1.82) is 0 Å². The Morgan fingerprint density at radius 1 is 1.04 bits per heavy atom. The van der Waals surface area contributed by atoms with Gasteiger partial charge in [-0.25, -0.2) is 14.6 Å². The molecule has 0 aliphatic carbocycles. The van der Waals surface area contributed by atoms with Crippen LogP contribution in [0, 0.1) is 0 Å². The van der Waals surface area contributed by atoms with Crippen molar-refractivity contribution in [2.45, 2.75) is 33.7 Å². The normalized spacial score (nSPS) is 11.3. The second-order valence-corrected chi connectivity index (χ2v) is 4.83. The van der Waals surface area contributed by atoms with Crippen LogP contribution in [-0.4, -0.2) is 48.6 Å². The van der Waals surface area contributed by atoms with E-state index in [-0.39, 0.29) is 30.5 Å². The molecule has 0 aliphatic heterocycles. The van der Waals surface area contributed by atoms with Gasteiger partial charge in [0.1, 0.15) is 6.04 Å². The first-order valence-corrected chi connectivity index (χ1v) is 7.83. The van der Waals surface area contributed by atoms with Crippen LogP contribution in [0.3, 0.4) is 0 Å². The van der Waals surface area contributed by atoms with Gasteiger partial charge in [-0.2, -0.15) is 0 Å². The Bertz CT molecular complexity index is 567. The van der Waals surface area contributed by atoms with Gasteiger partial charge in [0.05, 0.1) is 13.2 Å². The molecule has 0 aromatic carbocycles. The molecule has 0 saturated heterocycles. The van der Waals surface area contributed by atoms with Gasteiger partial charge >= 0.3 is 11.9 Å². The average molecular weight is 337 g/mol. The van der Waals surface area contributed by atoms with E-state index in [1.807, 2.05) is 6.92 Å². The summed E-state index contributed by atoms with van der Waals surface area (Å²) >= 11 is 0. The van der Waals surface area contributed by atoms with Gasteiger partial charge in [-0.3, -0.25) is 4.79 Å². The molecule has 1 aromatic rings. The minimum absolute atomic E-state index is 0.0343. The monoisotopic (exact) mass is 337 g/mol. The number of pyridine rings is 1. The van der Waals surface area contributed by atoms with Crippen LogP contribution in [0.4, 0.5) is 5.69 Å². The largest absolute Gasteiger partial charge is 0.461 e. The highest BCUT2D eigenvalue weighted by atomic mass is 16.5. The van der Waals surface area contributed by atoms with Gasteiger partial charge in [0.15, 0.2) is 11.4 Å². The highest BCUT2D eigenvalue weighted by Gasteiger charge is 2.18. The summed E-state index contributed by atoms with van der Waals surface area (Å²) < 4.78 is 9.82. The Hall–Kier alpha value is -2.64.